The highest BCUT2D eigenvalue weighted by molar-refractivity contribution is 6.32. The third kappa shape index (κ3) is 1.79. The molecule has 0 spiro atoms. The number of nitrogens with zero attached hydrogens (tertiary/aromatic N) is 2. The topological polar surface area (TPSA) is 45.5 Å². The quantitative estimate of drug-likeness (QED) is 0.236. The van der Waals surface area contributed by atoms with E-state index in [9.17, 15) is 0 Å². The summed E-state index contributed by atoms with van der Waals surface area (Å²) in [6.07, 6.45) is 1.28. The molecule has 0 amide bonds. The van der Waals surface area contributed by atoms with Crippen LogP contribution in [0.15, 0.2) is 47.6 Å². The highest BCUT2D eigenvalue weighted by atomic mass is 35.5. The third-order valence-corrected chi connectivity index (χ3v) is 3.16. The van der Waals surface area contributed by atoms with E-state index in [0.29, 0.717) is 10.7 Å². The van der Waals surface area contributed by atoms with Crippen molar-refractivity contribution in [2.75, 3.05) is 0 Å². The predicted octanol–water partition coefficient (Wildman–Crippen LogP) is 3.85. The SMILES string of the molecule is O/N=C/c1cc2cc3ccccc3cc2nc1Cl. The first-order valence-electron chi connectivity index (χ1n) is 5.44. The second-order valence-corrected chi connectivity index (χ2v) is 4.36. The van der Waals surface area contributed by atoms with E-state index < -0.39 is 0 Å². The van der Waals surface area contributed by atoms with Gasteiger partial charge in [-0.25, -0.2) is 4.98 Å². The molecule has 4 heteroatoms. The van der Waals surface area contributed by atoms with Gasteiger partial charge in [0.2, 0.25) is 0 Å². The van der Waals surface area contributed by atoms with Crippen LogP contribution in [0.25, 0.3) is 21.7 Å². The van der Waals surface area contributed by atoms with Gasteiger partial charge in [-0.1, -0.05) is 41.0 Å². The van der Waals surface area contributed by atoms with Crippen molar-refractivity contribution in [3.05, 3.63) is 53.2 Å². The molecule has 1 N–H and O–H groups in total. The van der Waals surface area contributed by atoms with Crippen LogP contribution in [0.3, 0.4) is 0 Å². The van der Waals surface area contributed by atoms with Crippen LogP contribution in [0.2, 0.25) is 5.15 Å². The van der Waals surface area contributed by atoms with Crippen molar-refractivity contribution in [3.63, 3.8) is 0 Å². The van der Waals surface area contributed by atoms with Crippen molar-refractivity contribution in [2.24, 2.45) is 5.16 Å². The minimum atomic E-state index is 0.329. The summed E-state index contributed by atoms with van der Waals surface area (Å²) in [5.74, 6) is 0. The summed E-state index contributed by atoms with van der Waals surface area (Å²) in [5, 5.41) is 15.1. The second kappa shape index (κ2) is 4.27. The fourth-order valence-electron chi connectivity index (χ4n) is 2.01. The monoisotopic (exact) mass is 256 g/mol. The van der Waals surface area contributed by atoms with E-state index in [-0.39, 0.29) is 0 Å². The van der Waals surface area contributed by atoms with Gasteiger partial charge >= 0.3 is 0 Å². The van der Waals surface area contributed by atoms with Gasteiger partial charge in [-0.15, -0.1) is 0 Å². The van der Waals surface area contributed by atoms with Crippen LogP contribution in [0.1, 0.15) is 5.56 Å². The van der Waals surface area contributed by atoms with E-state index >= 15 is 0 Å². The number of benzene rings is 2. The summed E-state index contributed by atoms with van der Waals surface area (Å²) >= 11 is 6.02. The van der Waals surface area contributed by atoms with Gasteiger partial charge < -0.3 is 5.21 Å². The number of fused-ring (bicyclic) bond motifs is 2. The van der Waals surface area contributed by atoms with Gasteiger partial charge in [0, 0.05) is 10.9 Å². The smallest absolute Gasteiger partial charge is 0.138 e. The molecule has 0 saturated heterocycles. The van der Waals surface area contributed by atoms with Crippen molar-refractivity contribution < 1.29 is 5.21 Å². The molecule has 2 aromatic carbocycles. The van der Waals surface area contributed by atoms with Gasteiger partial charge in [0.15, 0.2) is 0 Å². The lowest BCUT2D eigenvalue weighted by atomic mass is 10.1. The van der Waals surface area contributed by atoms with E-state index in [2.05, 4.69) is 10.1 Å². The van der Waals surface area contributed by atoms with Crippen LogP contribution in [0.5, 0.6) is 0 Å². The molecule has 1 heterocycles. The molecule has 3 aromatic rings. The summed E-state index contributed by atoms with van der Waals surface area (Å²) in [5.41, 5.74) is 1.43. The molecule has 0 radical (unpaired) electrons. The van der Waals surface area contributed by atoms with Gasteiger partial charge in [0.1, 0.15) is 5.15 Å². The minimum absolute atomic E-state index is 0.329. The fraction of sp³-hybridized carbons (Fsp3) is 0. The Hall–Kier alpha value is -2.13. The molecule has 3 rings (SSSR count). The highest BCUT2D eigenvalue weighted by Crippen LogP contribution is 2.24. The zero-order valence-electron chi connectivity index (χ0n) is 9.34. The molecule has 0 atom stereocenters. The maximum absolute atomic E-state index is 8.57. The molecule has 0 aliphatic rings. The minimum Gasteiger partial charge on any atom is -0.411 e. The van der Waals surface area contributed by atoms with E-state index in [4.69, 9.17) is 16.8 Å². The Morgan fingerprint density at radius 3 is 2.50 bits per heavy atom. The van der Waals surface area contributed by atoms with E-state index in [1.807, 2.05) is 42.5 Å². The maximum atomic E-state index is 8.57. The molecule has 1 aromatic heterocycles. The standard InChI is InChI=1S/C14H9ClN2O/c15-14-12(8-16-18)6-11-5-9-3-1-2-4-10(9)7-13(11)17-14/h1-8,18H/b16-8+. The first-order valence-corrected chi connectivity index (χ1v) is 5.82. The molecule has 88 valence electrons. The number of aromatic nitrogens is 1. The van der Waals surface area contributed by atoms with Crippen LogP contribution < -0.4 is 0 Å². The number of rotatable bonds is 1. The first-order chi connectivity index (χ1) is 8.78. The van der Waals surface area contributed by atoms with Crippen LogP contribution in [0, 0.1) is 0 Å². The van der Waals surface area contributed by atoms with Crippen LogP contribution in [0.4, 0.5) is 0 Å². The number of oxime groups is 1. The van der Waals surface area contributed by atoms with E-state index in [0.717, 1.165) is 21.7 Å². The van der Waals surface area contributed by atoms with Gasteiger partial charge in [0.25, 0.3) is 0 Å². The molecule has 3 nitrogen and oxygen atoms in total. The Kier molecular flexibility index (Phi) is 2.61. The Morgan fingerprint density at radius 2 is 1.78 bits per heavy atom. The average molecular weight is 257 g/mol. The number of halogens is 1. The van der Waals surface area contributed by atoms with E-state index in [1.165, 1.54) is 6.21 Å². The van der Waals surface area contributed by atoms with Gasteiger partial charge in [-0.2, -0.15) is 0 Å². The van der Waals surface area contributed by atoms with Gasteiger partial charge in [0.05, 0.1) is 11.7 Å². The fourth-order valence-corrected chi connectivity index (χ4v) is 2.20. The molecule has 0 fully saturated rings. The average Bonchev–Trinajstić information content (AvgIpc) is 2.38. The Balaban J connectivity index is 2.36. The Labute approximate surface area is 108 Å². The molecule has 0 aliphatic heterocycles. The summed E-state index contributed by atoms with van der Waals surface area (Å²) in [7, 11) is 0. The molecule has 0 unspecified atom stereocenters. The van der Waals surface area contributed by atoms with E-state index in [1.54, 1.807) is 0 Å². The zero-order valence-corrected chi connectivity index (χ0v) is 10.1. The second-order valence-electron chi connectivity index (χ2n) is 4.01. The first kappa shape index (κ1) is 11.0. The predicted molar refractivity (Wildman–Crippen MR) is 73.6 cm³/mol. The van der Waals surface area contributed by atoms with Crippen molar-refractivity contribution >= 4 is 39.5 Å². The van der Waals surface area contributed by atoms with Crippen LogP contribution in [-0.4, -0.2) is 16.4 Å². The number of hydrogen-bond donors (Lipinski definition) is 1. The lowest BCUT2D eigenvalue weighted by molar-refractivity contribution is 0.322. The van der Waals surface area contributed by atoms with Gasteiger partial charge in [-0.05, 0) is 29.0 Å². The molecule has 0 saturated carbocycles. The normalized spacial score (nSPS) is 11.6. The molecule has 18 heavy (non-hydrogen) atoms. The number of hydrogen-bond acceptors (Lipinski definition) is 3. The van der Waals surface area contributed by atoms with Crippen molar-refractivity contribution in [1.29, 1.82) is 0 Å². The van der Waals surface area contributed by atoms with Crippen molar-refractivity contribution in [1.82, 2.24) is 4.98 Å². The van der Waals surface area contributed by atoms with Crippen LogP contribution in [-0.2, 0) is 0 Å². The van der Waals surface area contributed by atoms with Gasteiger partial charge in [-0.3, -0.25) is 0 Å². The molecule has 0 bridgehead atoms. The third-order valence-electron chi connectivity index (χ3n) is 2.86. The maximum Gasteiger partial charge on any atom is 0.138 e. The van der Waals surface area contributed by atoms with Crippen LogP contribution >= 0.6 is 11.6 Å². The molecular weight excluding hydrogens is 248 g/mol. The summed E-state index contributed by atoms with van der Waals surface area (Å²) < 4.78 is 0. The summed E-state index contributed by atoms with van der Waals surface area (Å²) in [4.78, 5) is 4.31. The Bertz CT molecular complexity index is 768. The number of pyridine rings is 1. The lowest BCUT2D eigenvalue weighted by Crippen LogP contribution is -1.89. The summed E-state index contributed by atoms with van der Waals surface area (Å²) in [6, 6.07) is 14.0. The van der Waals surface area contributed by atoms with Crippen molar-refractivity contribution in [2.45, 2.75) is 0 Å². The van der Waals surface area contributed by atoms with Crippen molar-refractivity contribution in [3.8, 4) is 0 Å². The Morgan fingerprint density at radius 1 is 1.06 bits per heavy atom. The summed E-state index contributed by atoms with van der Waals surface area (Å²) in [6.45, 7) is 0. The molecular formula is C14H9ClN2O. The largest absolute Gasteiger partial charge is 0.411 e. The lowest BCUT2D eigenvalue weighted by Gasteiger charge is -2.04. The molecule has 0 aliphatic carbocycles. The highest BCUT2D eigenvalue weighted by Gasteiger charge is 2.04. The zero-order chi connectivity index (χ0) is 12.5.